The predicted octanol–water partition coefficient (Wildman–Crippen LogP) is 1.74. The van der Waals surface area contributed by atoms with Crippen LogP contribution in [-0.4, -0.2) is 23.5 Å². The van der Waals surface area contributed by atoms with Crippen LogP contribution in [0.3, 0.4) is 0 Å². The first-order valence-corrected chi connectivity index (χ1v) is 6.72. The van der Waals surface area contributed by atoms with Gasteiger partial charge in [-0.05, 0) is 24.6 Å². The van der Waals surface area contributed by atoms with E-state index in [0.29, 0.717) is 5.56 Å². The highest BCUT2D eigenvalue weighted by Gasteiger charge is 2.16. The van der Waals surface area contributed by atoms with E-state index in [2.05, 4.69) is 5.32 Å². The Morgan fingerprint density at radius 2 is 2.00 bits per heavy atom. The van der Waals surface area contributed by atoms with Crippen LogP contribution < -0.4 is 10.6 Å². The number of nitrogens with one attached hydrogen (secondary N) is 2. The third-order valence-electron chi connectivity index (χ3n) is 3.01. The molecule has 0 aliphatic carbocycles. The van der Waals surface area contributed by atoms with E-state index in [9.17, 15) is 23.5 Å². The molecule has 6 nitrogen and oxygen atoms in total. The van der Waals surface area contributed by atoms with Gasteiger partial charge in [0.05, 0.1) is 24.3 Å². The predicted molar refractivity (Wildman–Crippen MR) is 76.3 cm³/mol. The molecule has 1 aromatic heterocycles. The molecule has 0 aliphatic rings. The number of benzene rings is 1. The molecule has 0 bridgehead atoms. The Kier molecular flexibility index (Phi) is 5.42. The maximum Gasteiger partial charge on any atom is 0.313 e. The first kappa shape index (κ1) is 16.6. The molecule has 1 heterocycles. The molecule has 0 saturated carbocycles. The summed E-state index contributed by atoms with van der Waals surface area (Å²) in [6.07, 6.45) is 2.08. The lowest BCUT2D eigenvalue weighted by atomic mass is 10.1. The number of hydrogen-bond donors (Lipinski definition) is 3. The molecule has 2 rings (SSSR count). The van der Waals surface area contributed by atoms with E-state index in [1.807, 2.05) is 5.32 Å². The third-order valence-corrected chi connectivity index (χ3v) is 3.01. The normalized spacial score (nSPS) is 11.8. The Morgan fingerprint density at radius 3 is 2.70 bits per heavy atom. The third kappa shape index (κ3) is 4.62. The summed E-state index contributed by atoms with van der Waals surface area (Å²) < 4.78 is 31.1. The number of amides is 2. The fourth-order valence-electron chi connectivity index (χ4n) is 1.81. The smallest absolute Gasteiger partial charge is 0.313 e. The van der Waals surface area contributed by atoms with Crippen molar-refractivity contribution in [3.63, 3.8) is 0 Å². The maximum absolute atomic E-state index is 13.4. The molecule has 1 atom stereocenters. The number of rotatable bonds is 5. The molecule has 0 aliphatic heterocycles. The second kappa shape index (κ2) is 7.50. The molecule has 1 aromatic carbocycles. The molecule has 122 valence electrons. The first-order valence-electron chi connectivity index (χ1n) is 6.72. The van der Waals surface area contributed by atoms with Gasteiger partial charge in [0, 0.05) is 18.2 Å². The van der Waals surface area contributed by atoms with Crippen LogP contribution in [-0.2, 0) is 9.59 Å². The largest absolute Gasteiger partial charge is 0.472 e. The molecule has 0 spiro atoms. The second-order valence-corrected chi connectivity index (χ2v) is 4.70. The van der Waals surface area contributed by atoms with Crippen molar-refractivity contribution >= 4 is 17.5 Å². The number of furan rings is 1. The topological polar surface area (TPSA) is 91.6 Å². The summed E-state index contributed by atoms with van der Waals surface area (Å²) in [5.41, 5.74) is 0.120. The summed E-state index contributed by atoms with van der Waals surface area (Å²) in [5, 5.41) is 14.0. The van der Waals surface area contributed by atoms with Crippen molar-refractivity contribution in [2.24, 2.45) is 0 Å². The van der Waals surface area contributed by atoms with Gasteiger partial charge in [-0.2, -0.15) is 0 Å². The van der Waals surface area contributed by atoms with Crippen LogP contribution in [0.2, 0.25) is 0 Å². The lowest BCUT2D eigenvalue weighted by Crippen LogP contribution is -2.36. The highest BCUT2D eigenvalue weighted by Crippen LogP contribution is 2.16. The summed E-state index contributed by atoms with van der Waals surface area (Å²) in [4.78, 5) is 23.2. The monoisotopic (exact) mass is 324 g/mol. The van der Waals surface area contributed by atoms with Gasteiger partial charge in [-0.1, -0.05) is 0 Å². The minimum absolute atomic E-state index is 0.0181. The molecule has 23 heavy (non-hydrogen) atoms. The van der Waals surface area contributed by atoms with Crippen LogP contribution in [0.1, 0.15) is 18.1 Å². The average Bonchev–Trinajstić information content (AvgIpc) is 3.05. The Labute approximate surface area is 130 Å². The van der Waals surface area contributed by atoms with Crippen molar-refractivity contribution in [3.05, 3.63) is 54.0 Å². The highest BCUT2D eigenvalue weighted by molar-refractivity contribution is 6.39. The van der Waals surface area contributed by atoms with Gasteiger partial charge in [-0.15, -0.1) is 0 Å². The Hall–Kier alpha value is -2.74. The van der Waals surface area contributed by atoms with Crippen molar-refractivity contribution in [2.45, 2.75) is 12.5 Å². The van der Waals surface area contributed by atoms with Gasteiger partial charge in [0.15, 0.2) is 0 Å². The molecule has 2 amide bonds. The van der Waals surface area contributed by atoms with E-state index in [4.69, 9.17) is 4.42 Å². The molecular formula is C15H14F2N2O4. The number of carbonyl (C=O) groups is 2. The lowest BCUT2D eigenvalue weighted by molar-refractivity contribution is -0.136. The van der Waals surface area contributed by atoms with Crippen molar-refractivity contribution in [1.82, 2.24) is 5.32 Å². The number of aliphatic hydroxyl groups excluding tert-OH is 1. The Balaban J connectivity index is 1.81. The fraction of sp³-hybridized carbons (Fsp3) is 0.200. The molecule has 8 heteroatoms. The van der Waals surface area contributed by atoms with Gasteiger partial charge in [-0.3, -0.25) is 9.59 Å². The molecule has 3 N–H and O–H groups in total. The number of aliphatic hydroxyl groups is 1. The summed E-state index contributed by atoms with van der Waals surface area (Å²) >= 11 is 0. The molecule has 2 aromatic rings. The average molecular weight is 324 g/mol. The van der Waals surface area contributed by atoms with Crippen LogP contribution in [0.15, 0.2) is 41.2 Å². The fourth-order valence-corrected chi connectivity index (χ4v) is 1.81. The van der Waals surface area contributed by atoms with Gasteiger partial charge >= 0.3 is 11.8 Å². The molecule has 0 saturated heterocycles. The van der Waals surface area contributed by atoms with E-state index < -0.39 is 35.2 Å². The number of halogens is 2. The van der Waals surface area contributed by atoms with Crippen LogP contribution >= 0.6 is 0 Å². The second-order valence-electron chi connectivity index (χ2n) is 4.70. The van der Waals surface area contributed by atoms with Crippen molar-refractivity contribution in [1.29, 1.82) is 0 Å². The number of hydrogen-bond acceptors (Lipinski definition) is 4. The zero-order chi connectivity index (χ0) is 16.8. The van der Waals surface area contributed by atoms with Crippen molar-refractivity contribution < 1.29 is 27.9 Å². The Morgan fingerprint density at radius 1 is 1.22 bits per heavy atom. The summed E-state index contributed by atoms with van der Waals surface area (Å²) in [7, 11) is 0. The van der Waals surface area contributed by atoms with Gasteiger partial charge < -0.3 is 20.2 Å². The molecule has 0 fully saturated rings. The highest BCUT2D eigenvalue weighted by atomic mass is 19.1. The van der Waals surface area contributed by atoms with E-state index in [0.717, 1.165) is 18.2 Å². The summed E-state index contributed by atoms with van der Waals surface area (Å²) in [6, 6.07) is 4.07. The lowest BCUT2D eigenvalue weighted by Gasteiger charge is -2.10. The standard InChI is InChI=1S/C15H14F2N2O4/c16-10-1-2-11(17)12(7-10)19-15(22)14(21)18-5-3-13(20)9-4-6-23-8-9/h1-2,4,6-8,13,20H,3,5H2,(H,18,21)(H,19,22). The summed E-state index contributed by atoms with van der Waals surface area (Å²) in [5.74, 6) is -3.76. The van der Waals surface area contributed by atoms with E-state index in [-0.39, 0.29) is 13.0 Å². The van der Waals surface area contributed by atoms with Crippen molar-refractivity contribution in [2.75, 3.05) is 11.9 Å². The zero-order valence-corrected chi connectivity index (χ0v) is 11.9. The van der Waals surface area contributed by atoms with Crippen LogP contribution in [0.5, 0.6) is 0 Å². The maximum atomic E-state index is 13.4. The summed E-state index contributed by atoms with van der Waals surface area (Å²) in [6.45, 7) is 0.0181. The molecule has 0 radical (unpaired) electrons. The zero-order valence-electron chi connectivity index (χ0n) is 11.9. The van der Waals surface area contributed by atoms with Crippen LogP contribution in [0.4, 0.5) is 14.5 Å². The van der Waals surface area contributed by atoms with Crippen LogP contribution in [0.25, 0.3) is 0 Å². The van der Waals surface area contributed by atoms with Gasteiger partial charge in [0.25, 0.3) is 0 Å². The van der Waals surface area contributed by atoms with Gasteiger partial charge in [-0.25, -0.2) is 8.78 Å². The minimum atomic E-state index is -1.13. The van der Waals surface area contributed by atoms with E-state index >= 15 is 0 Å². The van der Waals surface area contributed by atoms with Gasteiger partial charge in [0.2, 0.25) is 0 Å². The van der Waals surface area contributed by atoms with Crippen LogP contribution in [0, 0.1) is 11.6 Å². The van der Waals surface area contributed by atoms with E-state index in [1.165, 1.54) is 12.5 Å². The van der Waals surface area contributed by atoms with Gasteiger partial charge in [0.1, 0.15) is 11.6 Å². The molecule has 1 unspecified atom stereocenters. The van der Waals surface area contributed by atoms with Crippen molar-refractivity contribution in [3.8, 4) is 0 Å². The SMILES string of the molecule is O=C(NCCC(O)c1ccoc1)C(=O)Nc1cc(F)ccc1F. The number of carbonyl (C=O) groups excluding carboxylic acids is 2. The molecular weight excluding hydrogens is 310 g/mol. The van der Waals surface area contributed by atoms with E-state index in [1.54, 1.807) is 6.07 Å². The minimum Gasteiger partial charge on any atom is -0.472 e. The Bertz CT molecular complexity index is 689. The first-order chi connectivity index (χ1) is 11.0. The quantitative estimate of drug-likeness (QED) is 0.731. The number of anilines is 1.